The van der Waals surface area contributed by atoms with E-state index in [-0.39, 0.29) is 0 Å². The Labute approximate surface area is 115 Å². The van der Waals surface area contributed by atoms with E-state index in [1.807, 2.05) is 23.1 Å². The second kappa shape index (κ2) is 4.97. The Hall–Kier alpha value is -1.95. The molecule has 0 radical (unpaired) electrons. The molecule has 0 aliphatic carbocycles. The molecule has 0 unspecified atom stereocenters. The topological polar surface area (TPSA) is 55.6 Å². The van der Waals surface area contributed by atoms with Crippen LogP contribution in [-0.4, -0.2) is 26.3 Å². The van der Waals surface area contributed by atoms with Crippen molar-refractivity contribution >= 4 is 27.4 Å². The van der Waals surface area contributed by atoms with Gasteiger partial charge in [0.15, 0.2) is 5.82 Å². The highest BCUT2D eigenvalue weighted by molar-refractivity contribution is 7.16. The molecule has 0 atom stereocenters. The van der Waals surface area contributed by atoms with Crippen molar-refractivity contribution in [2.75, 3.05) is 11.9 Å². The third kappa shape index (κ3) is 2.31. The first kappa shape index (κ1) is 12.1. The number of nitrogens with one attached hydrogen (secondary N) is 1. The lowest BCUT2D eigenvalue weighted by atomic mass is 10.3. The van der Waals surface area contributed by atoms with Crippen molar-refractivity contribution in [1.29, 1.82) is 0 Å². The summed E-state index contributed by atoms with van der Waals surface area (Å²) in [4.78, 5) is 10.2. The zero-order valence-electron chi connectivity index (χ0n) is 10.9. The van der Waals surface area contributed by atoms with Crippen LogP contribution in [0.5, 0.6) is 0 Å². The molecular formula is C13H15N5S. The number of aryl methyl sites for hydroxylation is 1. The van der Waals surface area contributed by atoms with E-state index in [4.69, 9.17) is 0 Å². The fourth-order valence-corrected chi connectivity index (χ4v) is 2.75. The zero-order chi connectivity index (χ0) is 13.2. The average molecular weight is 273 g/mol. The van der Waals surface area contributed by atoms with Crippen LogP contribution < -0.4 is 5.32 Å². The smallest absolute Gasteiger partial charge is 0.153 e. The highest BCUT2D eigenvalue weighted by atomic mass is 32.1. The van der Waals surface area contributed by atoms with Crippen molar-refractivity contribution < 1.29 is 0 Å². The Bertz CT molecular complexity index is 700. The second-order valence-electron chi connectivity index (χ2n) is 4.29. The van der Waals surface area contributed by atoms with Crippen molar-refractivity contribution in [2.45, 2.75) is 20.4 Å². The van der Waals surface area contributed by atoms with Gasteiger partial charge in [-0.3, -0.25) is 4.68 Å². The van der Waals surface area contributed by atoms with Crippen LogP contribution in [-0.2, 0) is 6.54 Å². The van der Waals surface area contributed by atoms with Gasteiger partial charge in [-0.15, -0.1) is 11.3 Å². The SMILES string of the molecule is CCNc1nc(Cn2nccc2C)nc2sccc12. The van der Waals surface area contributed by atoms with Crippen molar-refractivity contribution in [3.63, 3.8) is 0 Å². The summed E-state index contributed by atoms with van der Waals surface area (Å²) in [6, 6.07) is 4.04. The Morgan fingerprint density at radius 1 is 1.32 bits per heavy atom. The molecule has 0 amide bonds. The molecule has 19 heavy (non-hydrogen) atoms. The molecule has 5 nitrogen and oxygen atoms in total. The van der Waals surface area contributed by atoms with Gasteiger partial charge >= 0.3 is 0 Å². The first-order valence-corrected chi connectivity index (χ1v) is 7.12. The third-order valence-corrected chi connectivity index (χ3v) is 3.74. The van der Waals surface area contributed by atoms with Crippen molar-refractivity contribution in [3.05, 3.63) is 35.2 Å². The molecular weight excluding hydrogens is 258 g/mol. The fraction of sp³-hybridized carbons (Fsp3) is 0.308. The van der Waals surface area contributed by atoms with E-state index in [1.54, 1.807) is 17.5 Å². The summed E-state index contributed by atoms with van der Waals surface area (Å²) in [7, 11) is 0. The summed E-state index contributed by atoms with van der Waals surface area (Å²) < 4.78 is 1.91. The van der Waals surface area contributed by atoms with E-state index in [0.717, 1.165) is 34.1 Å². The van der Waals surface area contributed by atoms with Gasteiger partial charge in [0.1, 0.15) is 17.2 Å². The Morgan fingerprint density at radius 2 is 2.21 bits per heavy atom. The van der Waals surface area contributed by atoms with Gasteiger partial charge in [-0.2, -0.15) is 5.10 Å². The first-order valence-electron chi connectivity index (χ1n) is 6.24. The maximum Gasteiger partial charge on any atom is 0.153 e. The first-order chi connectivity index (χ1) is 9.28. The van der Waals surface area contributed by atoms with E-state index in [9.17, 15) is 0 Å². The fourth-order valence-electron chi connectivity index (χ4n) is 1.97. The molecule has 0 aromatic carbocycles. The molecule has 3 aromatic rings. The number of hydrogen-bond donors (Lipinski definition) is 1. The molecule has 0 saturated carbocycles. The zero-order valence-corrected chi connectivity index (χ0v) is 11.7. The lowest BCUT2D eigenvalue weighted by Gasteiger charge is -2.08. The number of hydrogen-bond acceptors (Lipinski definition) is 5. The Kier molecular flexibility index (Phi) is 3.16. The van der Waals surface area contributed by atoms with Crippen molar-refractivity contribution in [3.8, 4) is 0 Å². The standard InChI is InChI=1S/C13H15N5S/c1-3-14-12-10-5-7-19-13(10)17-11(16-12)8-18-9(2)4-6-15-18/h4-7H,3,8H2,1-2H3,(H,14,16,17). The minimum Gasteiger partial charge on any atom is -0.370 e. The summed E-state index contributed by atoms with van der Waals surface area (Å²) in [5.41, 5.74) is 1.11. The van der Waals surface area contributed by atoms with Crippen molar-refractivity contribution in [1.82, 2.24) is 19.7 Å². The summed E-state index contributed by atoms with van der Waals surface area (Å²) >= 11 is 1.64. The maximum atomic E-state index is 4.60. The Morgan fingerprint density at radius 3 is 2.95 bits per heavy atom. The predicted octanol–water partition coefficient (Wildman–Crippen LogP) is 2.68. The van der Waals surface area contributed by atoms with Crippen LogP contribution >= 0.6 is 11.3 Å². The number of rotatable bonds is 4. The van der Waals surface area contributed by atoms with E-state index in [2.05, 4.69) is 33.4 Å². The maximum absolute atomic E-state index is 4.60. The predicted molar refractivity (Wildman–Crippen MR) is 77.6 cm³/mol. The molecule has 98 valence electrons. The number of aromatic nitrogens is 4. The number of nitrogens with zero attached hydrogens (tertiary/aromatic N) is 4. The highest BCUT2D eigenvalue weighted by Crippen LogP contribution is 2.25. The van der Waals surface area contributed by atoms with Crippen LogP contribution in [0.3, 0.4) is 0 Å². The van der Waals surface area contributed by atoms with Gasteiger partial charge < -0.3 is 5.32 Å². The minimum absolute atomic E-state index is 0.602. The summed E-state index contributed by atoms with van der Waals surface area (Å²) in [5, 5.41) is 10.7. The number of thiophene rings is 1. The molecule has 3 aromatic heterocycles. The quantitative estimate of drug-likeness (QED) is 0.794. The number of anilines is 1. The van der Waals surface area contributed by atoms with E-state index >= 15 is 0 Å². The van der Waals surface area contributed by atoms with Gasteiger partial charge in [0.25, 0.3) is 0 Å². The van der Waals surface area contributed by atoms with Gasteiger partial charge in [-0.05, 0) is 31.4 Å². The molecule has 0 spiro atoms. The molecule has 0 aliphatic heterocycles. The monoisotopic (exact) mass is 273 g/mol. The van der Waals surface area contributed by atoms with Gasteiger partial charge in [-0.25, -0.2) is 9.97 Å². The molecule has 0 bridgehead atoms. The molecule has 6 heteroatoms. The van der Waals surface area contributed by atoms with Gasteiger partial charge in [0, 0.05) is 18.4 Å². The molecule has 3 rings (SSSR count). The van der Waals surface area contributed by atoms with Crippen LogP contribution in [0.15, 0.2) is 23.7 Å². The van der Waals surface area contributed by atoms with Crippen molar-refractivity contribution in [2.24, 2.45) is 0 Å². The molecule has 3 heterocycles. The lowest BCUT2D eigenvalue weighted by molar-refractivity contribution is 0.640. The molecule has 0 saturated heterocycles. The normalized spacial score (nSPS) is 11.1. The van der Waals surface area contributed by atoms with Crippen LogP contribution in [0.25, 0.3) is 10.2 Å². The summed E-state index contributed by atoms with van der Waals surface area (Å²) in [6.45, 7) is 5.55. The summed E-state index contributed by atoms with van der Waals surface area (Å²) in [6.07, 6.45) is 1.80. The molecule has 0 fully saturated rings. The van der Waals surface area contributed by atoms with Gasteiger partial charge in [0.05, 0.1) is 5.39 Å². The van der Waals surface area contributed by atoms with Gasteiger partial charge in [-0.1, -0.05) is 0 Å². The molecule has 1 N–H and O–H groups in total. The highest BCUT2D eigenvalue weighted by Gasteiger charge is 2.09. The van der Waals surface area contributed by atoms with E-state index in [0.29, 0.717) is 6.54 Å². The van der Waals surface area contributed by atoms with Crippen LogP contribution in [0, 0.1) is 6.92 Å². The van der Waals surface area contributed by atoms with Crippen LogP contribution in [0.1, 0.15) is 18.4 Å². The molecule has 0 aliphatic rings. The largest absolute Gasteiger partial charge is 0.370 e. The van der Waals surface area contributed by atoms with Crippen LogP contribution in [0.2, 0.25) is 0 Å². The van der Waals surface area contributed by atoms with E-state index < -0.39 is 0 Å². The number of fused-ring (bicyclic) bond motifs is 1. The minimum atomic E-state index is 0.602. The third-order valence-electron chi connectivity index (χ3n) is 2.94. The lowest BCUT2D eigenvalue weighted by Crippen LogP contribution is -2.09. The van der Waals surface area contributed by atoms with E-state index in [1.165, 1.54) is 0 Å². The Balaban J connectivity index is 2.01. The average Bonchev–Trinajstić information content (AvgIpc) is 3.00. The van der Waals surface area contributed by atoms with Gasteiger partial charge in [0.2, 0.25) is 0 Å². The van der Waals surface area contributed by atoms with Crippen LogP contribution in [0.4, 0.5) is 5.82 Å². The second-order valence-corrected chi connectivity index (χ2v) is 5.18. The summed E-state index contributed by atoms with van der Waals surface area (Å²) in [5.74, 6) is 1.70.